The van der Waals surface area contributed by atoms with Crippen molar-refractivity contribution in [2.24, 2.45) is 5.92 Å². The molecule has 6 nitrogen and oxygen atoms in total. The van der Waals surface area contributed by atoms with Gasteiger partial charge in [-0.3, -0.25) is 4.18 Å². The molecule has 17 heavy (non-hydrogen) atoms. The van der Waals surface area contributed by atoms with Crippen molar-refractivity contribution in [2.45, 2.75) is 12.8 Å². The first-order chi connectivity index (χ1) is 7.88. The zero-order valence-corrected chi connectivity index (χ0v) is 10.4. The van der Waals surface area contributed by atoms with Crippen molar-refractivity contribution in [3.63, 3.8) is 0 Å². The third kappa shape index (κ3) is 5.56. The Labute approximate surface area is 101 Å². The maximum absolute atomic E-state index is 10.6. The summed E-state index contributed by atoms with van der Waals surface area (Å²) in [7, 11) is -3.44. The average molecular weight is 261 g/mol. The van der Waals surface area contributed by atoms with E-state index in [9.17, 15) is 13.2 Å². The number of carbonyl (C=O) groups is 1. The maximum Gasteiger partial charge on any atom is 0.407 e. The Balaban J connectivity index is 2.31. The molecule has 0 spiro atoms. The molecule has 1 amide bonds. The van der Waals surface area contributed by atoms with Crippen molar-refractivity contribution in [1.82, 2.24) is 4.90 Å². The van der Waals surface area contributed by atoms with Crippen LogP contribution >= 0.6 is 0 Å². The average Bonchev–Trinajstić information content (AvgIpc) is 2.24. The van der Waals surface area contributed by atoms with Crippen molar-refractivity contribution in [3.8, 4) is 11.8 Å². The summed E-state index contributed by atoms with van der Waals surface area (Å²) in [5.74, 6) is 5.65. The summed E-state index contributed by atoms with van der Waals surface area (Å²) in [6, 6.07) is 0. The third-order valence-corrected chi connectivity index (χ3v) is 2.96. The molecule has 0 aromatic heterocycles. The monoisotopic (exact) mass is 261 g/mol. The van der Waals surface area contributed by atoms with Gasteiger partial charge in [0.15, 0.2) is 0 Å². The van der Waals surface area contributed by atoms with Crippen molar-refractivity contribution in [2.75, 3.05) is 26.0 Å². The van der Waals surface area contributed by atoms with Gasteiger partial charge in [0, 0.05) is 19.0 Å². The second-order valence-electron chi connectivity index (χ2n) is 3.83. The number of carboxylic acid groups (broad SMARTS) is 1. The molecule has 0 aromatic carbocycles. The van der Waals surface area contributed by atoms with Crippen LogP contribution in [0.3, 0.4) is 0 Å². The SMILES string of the molecule is CS(=O)(=O)OCC#CC1CCN(C(=O)O)CC1. The Morgan fingerprint density at radius 1 is 1.47 bits per heavy atom. The number of likely N-dealkylation sites (tertiary alicyclic amines) is 1. The zero-order valence-electron chi connectivity index (χ0n) is 9.55. The summed E-state index contributed by atoms with van der Waals surface area (Å²) >= 11 is 0. The first kappa shape index (κ1) is 13.8. The van der Waals surface area contributed by atoms with Crippen molar-refractivity contribution in [3.05, 3.63) is 0 Å². The Morgan fingerprint density at radius 2 is 2.06 bits per heavy atom. The number of rotatable bonds is 2. The predicted octanol–water partition coefficient (Wildman–Crippen LogP) is 0.356. The molecule has 0 aromatic rings. The number of hydrogen-bond acceptors (Lipinski definition) is 4. The van der Waals surface area contributed by atoms with Gasteiger partial charge in [0.25, 0.3) is 10.1 Å². The minimum atomic E-state index is -3.44. The molecule has 0 saturated carbocycles. The molecule has 1 N–H and O–H groups in total. The fraction of sp³-hybridized carbons (Fsp3) is 0.700. The van der Waals surface area contributed by atoms with Crippen LogP contribution in [0.5, 0.6) is 0 Å². The highest BCUT2D eigenvalue weighted by Crippen LogP contribution is 2.15. The molecule has 0 unspecified atom stereocenters. The lowest BCUT2D eigenvalue weighted by Crippen LogP contribution is -2.37. The molecule has 0 radical (unpaired) electrons. The summed E-state index contributed by atoms with van der Waals surface area (Å²) in [6.45, 7) is 0.807. The van der Waals surface area contributed by atoms with Gasteiger partial charge < -0.3 is 10.0 Å². The molecule has 1 saturated heterocycles. The van der Waals surface area contributed by atoms with Gasteiger partial charge in [-0.25, -0.2) is 4.79 Å². The lowest BCUT2D eigenvalue weighted by Gasteiger charge is -2.27. The number of amides is 1. The van der Waals surface area contributed by atoms with Gasteiger partial charge in [-0.15, -0.1) is 0 Å². The summed E-state index contributed by atoms with van der Waals surface area (Å²) in [5.41, 5.74) is 0. The normalized spacial score (nSPS) is 17.4. The van der Waals surface area contributed by atoms with Crippen LogP contribution in [0.15, 0.2) is 0 Å². The van der Waals surface area contributed by atoms with Gasteiger partial charge >= 0.3 is 6.09 Å². The van der Waals surface area contributed by atoms with E-state index in [0.29, 0.717) is 25.9 Å². The summed E-state index contributed by atoms with van der Waals surface area (Å²) in [4.78, 5) is 12.0. The minimum Gasteiger partial charge on any atom is -0.465 e. The number of nitrogens with zero attached hydrogens (tertiary/aromatic N) is 1. The molecular formula is C10H15NO5S. The second-order valence-corrected chi connectivity index (χ2v) is 5.48. The molecule has 1 rings (SSSR count). The van der Waals surface area contributed by atoms with Crippen LogP contribution < -0.4 is 0 Å². The van der Waals surface area contributed by atoms with Gasteiger partial charge in [-0.1, -0.05) is 11.8 Å². The van der Waals surface area contributed by atoms with Crippen molar-refractivity contribution < 1.29 is 22.5 Å². The molecule has 0 bridgehead atoms. The minimum absolute atomic E-state index is 0.119. The summed E-state index contributed by atoms with van der Waals surface area (Å²) in [5, 5.41) is 8.73. The van der Waals surface area contributed by atoms with Gasteiger partial charge in [0.2, 0.25) is 0 Å². The van der Waals surface area contributed by atoms with E-state index in [-0.39, 0.29) is 12.5 Å². The largest absolute Gasteiger partial charge is 0.465 e. The summed E-state index contributed by atoms with van der Waals surface area (Å²) < 4.78 is 25.8. The molecule has 1 aliphatic rings. The van der Waals surface area contributed by atoms with Crippen LogP contribution in [0.25, 0.3) is 0 Å². The van der Waals surface area contributed by atoms with E-state index < -0.39 is 16.2 Å². The van der Waals surface area contributed by atoms with Gasteiger partial charge in [0.05, 0.1) is 6.26 Å². The lowest BCUT2D eigenvalue weighted by atomic mass is 9.98. The van der Waals surface area contributed by atoms with Crippen LogP contribution in [-0.2, 0) is 14.3 Å². The van der Waals surface area contributed by atoms with Gasteiger partial charge in [-0.05, 0) is 12.8 Å². The Morgan fingerprint density at radius 3 is 2.53 bits per heavy atom. The van der Waals surface area contributed by atoms with E-state index in [4.69, 9.17) is 5.11 Å². The summed E-state index contributed by atoms with van der Waals surface area (Å²) in [6.07, 6.45) is 1.42. The van der Waals surface area contributed by atoms with Gasteiger partial charge in [0.1, 0.15) is 6.61 Å². The number of piperidine rings is 1. The first-order valence-electron chi connectivity index (χ1n) is 5.19. The smallest absolute Gasteiger partial charge is 0.407 e. The molecule has 1 heterocycles. The standard InChI is InChI=1S/C10H15NO5S/c1-17(14,15)16-8-2-3-9-4-6-11(7-5-9)10(12)13/h9H,4-8H2,1H3,(H,12,13). The molecule has 1 fully saturated rings. The molecule has 96 valence electrons. The fourth-order valence-electron chi connectivity index (χ4n) is 1.54. The number of hydrogen-bond donors (Lipinski definition) is 1. The molecule has 1 aliphatic heterocycles. The van der Waals surface area contributed by atoms with E-state index in [1.807, 2.05) is 0 Å². The van der Waals surface area contributed by atoms with Crippen LogP contribution in [-0.4, -0.2) is 50.5 Å². The van der Waals surface area contributed by atoms with E-state index in [1.165, 1.54) is 4.90 Å². The Bertz CT molecular complexity index is 425. The van der Waals surface area contributed by atoms with Crippen LogP contribution in [0, 0.1) is 17.8 Å². The van der Waals surface area contributed by atoms with E-state index in [0.717, 1.165) is 6.26 Å². The molecule has 7 heteroatoms. The third-order valence-electron chi connectivity index (χ3n) is 2.42. The highest BCUT2D eigenvalue weighted by atomic mass is 32.2. The van der Waals surface area contributed by atoms with Crippen LogP contribution in [0.1, 0.15) is 12.8 Å². The quantitative estimate of drug-likeness (QED) is 0.573. The van der Waals surface area contributed by atoms with E-state index in [1.54, 1.807) is 0 Å². The first-order valence-corrected chi connectivity index (χ1v) is 7.01. The predicted molar refractivity (Wildman–Crippen MR) is 60.9 cm³/mol. The fourth-order valence-corrected chi connectivity index (χ4v) is 1.81. The second kappa shape index (κ2) is 5.89. The molecule has 0 aliphatic carbocycles. The van der Waals surface area contributed by atoms with E-state index in [2.05, 4.69) is 16.0 Å². The molecular weight excluding hydrogens is 246 g/mol. The Hall–Kier alpha value is -1.26. The Kier molecular flexibility index (Phi) is 4.78. The highest BCUT2D eigenvalue weighted by molar-refractivity contribution is 7.85. The zero-order chi connectivity index (χ0) is 12.9. The van der Waals surface area contributed by atoms with Crippen LogP contribution in [0.2, 0.25) is 0 Å². The maximum atomic E-state index is 10.6. The van der Waals surface area contributed by atoms with Gasteiger partial charge in [-0.2, -0.15) is 8.42 Å². The van der Waals surface area contributed by atoms with Crippen LogP contribution in [0.4, 0.5) is 4.79 Å². The highest BCUT2D eigenvalue weighted by Gasteiger charge is 2.20. The van der Waals surface area contributed by atoms with Crippen molar-refractivity contribution in [1.29, 1.82) is 0 Å². The van der Waals surface area contributed by atoms with Crippen molar-refractivity contribution >= 4 is 16.2 Å². The van der Waals surface area contributed by atoms with E-state index >= 15 is 0 Å². The topological polar surface area (TPSA) is 83.9 Å². The lowest BCUT2D eigenvalue weighted by molar-refractivity contribution is 0.130. The molecule has 0 atom stereocenters.